The van der Waals surface area contributed by atoms with E-state index in [1.54, 1.807) is 18.2 Å². The summed E-state index contributed by atoms with van der Waals surface area (Å²) in [7, 11) is 0. The van der Waals surface area contributed by atoms with Crippen molar-refractivity contribution in [2.75, 3.05) is 6.61 Å². The first kappa shape index (κ1) is 22.9. The standard InChI is InChI=1S/C16H19Cl2N3O6S/c1-8(23)14(7-22)27-16(28-9-2-3-10(17)11(18)4-9)13(24)6-21-5-12(15(25)26)19-20-21/h2-5,8,13-14,16,22-24H,6-7H2,1H3,(H,25,26)/t8-,13-,14?,16-/m1/s1. The van der Waals surface area contributed by atoms with Crippen LogP contribution in [-0.4, -0.2) is 71.7 Å². The van der Waals surface area contributed by atoms with Crippen LogP contribution >= 0.6 is 35.0 Å². The minimum atomic E-state index is -1.24. The number of carboxylic acids is 1. The molecule has 4 atom stereocenters. The maximum atomic E-state index is 10.9. The summed E-state index contributed by atoms with van der Waals surface area (Å²) < 4.78 is 6.85. The molecule has 9 nitrogen and oxygen atoms in total. The molecule has 2 aromatic rings. The fourth-order valence-corrected chi connectivity index (χ4v) is 3.53. The van der Waals surface area contributed by atoms with Gasteiger partial charge in [0, 0.05) is 4.90 Å². The van der Waals surface area contributed by atoms with Crippen LogP contribution < -0.4 is 0 Å². The predicted molar refractivity (Wildman–Crippen MR) is 103 cm³/mol. The van der Waals surface area contributed by atoms with Gasteiger partial charge in [-0.05, 0) is 25.1 Å². The molecule has 2 rings (SSSR count). The topological polar surface area (TPSA) is 138 Å². The predicted octanol–water partition coefficient (Wildman–Crippen LogP) is 1.52. The average molecular weight is 452 g/mol. The van der Waals surface area contributed by atoms with E-state index >= 15 is 0 Å². The molecular formula is C16H19Cl2N3O6S. The SMILES string of the molecule is C[C@@H](O)C(CO)O[C@H](Sc1ccc(Cl)c(Cl)c1)[C@H](O)Cn1cc(C(=O)O)nn1. The smallest absolute Gasteiger partial charge is 0.358 e. The molecule has 1 heterocycles. The number of thioether (sulfide) groups is 1. The Kier molecular flexibility index (Phi) is 8.50. The third-order valence-electron chi connectivity index (χ3n) is 3.62. The fourth-order valence-electron chi connectivity index (χ4n) is 2.13. The van der Waals surface area contributed by atoms with Crippen LogP contribution in [0.25, 0.3) is 0 Å². The highest BCUT2D eigenvalue weighted by atomic mass is 35.5. The number of hydrogen-bond acceptors (Lipinski definition) is 8. The fraction of sp³-hybridized carbons (Fsp3) is 0.438. The molecule has 28 heavy (non-hydrogen) atoms. The molecular weight excluding hydrogens is 433 g/mol. The second-order valence-electron chi connectivity index (χ2n) is 5.86. The van der Waals surface area contributed by atoms with Crippen LogP contribution in [-0.2, 0) is 11.3 Å². The summed E-state index contributed by atoms with van der Waals surface area (Å²) in [5.74, 6) is -1.24. The number of benzene rings is 1. The van der Waals surface area contributed by atoms with E-state index in [2.05, 4.69) is 10.3 Å². The second kappa shape index (κ2) is 10.4. The lowest BCUT2D eigenvalue weighted by atomic mass is 10.2. The minimum Gasteiger partial charge on any atom is -0.476 e. The van der Waals surface area contributed by atoms with Crippen LogP contribution in [0.2, 0.25) is 10.0 Å². The van der Waals surface area contributed by atoms with Gasteiger partial charge in [-0.1, -0.05) is 40.2 Å². The molecule has 1 aromatic carbocycles. The Morgan fingerprint density at radius 3 is 2.57 bits per heavy atom. The Hall–Kier alpha value is -1.40. The zero-order chi connectivity index (χ0) is 20.8. The number of aliphatic hydroxyl groups excluding tert-OH is 3. The molecule has 0 aliphatic heterocycles. The van der Waals surface area contributed by atoms with Gasteiger partial charge in [-0.3, -0.25) is 0 Å². The van der Waals surface area contributed by atoms with Gasteiger partial charge in [-0.25, -0.2) is 9.48 Å². The van der Waals surface area contributed by atoms with Crippen LogP contribution in [0.3, 0.4) is 0 Å². The van der Waals surface area contributed by atoms with E-state index in [4.69, 9.17) is 33.0 Å². The molecule has 0 amide bonds. The average Bonchev–Trinajstić information content (AvgIpc) is 3.10. The number of ether oxygens (including phenoxy) is 1. The van der Waals surface area contributed by atoms with E-state index < -0.39 is 36.3 Å². The van der Waals surface area contributed by atoms with Crippen LogP contribution in [0.15, 0.2) is 29.3 Å². The van der Waals surface area contributed by atoms with Crippen molar-refractivity contribution in [3.8, 4) is 0 Å². The number of carboxylic acid groups (broad SMARTS) is 1. The first-order valence-electron chi connectivity index (χ1n) is 8.08. The van der Waals surface area contributed by atoms with Gasteiger partial charge >= 0.3 is 5.97 Å². The lowest BCUT2D eigenvalue weighted by molar-refractivity contribution is -0.0972. The minimum absolute atomic E-state index is 0.128. The van der Waals surface area contributed by atoms with Gasteiger partial charge in [-0.15, -0.1) is 5.10 Å². The van der Waals surface area contributed by atoms with Crippen molar-refractivity contribution in [3.05, 3.63) is 40.1 Å². The van der Waals surface area contributed by atoms with Crippen LogP contribution in [0.5, 0.6) is 0 Å². The van der Waals surface area contributed by atoms with Gasteiger partial charge in [0.25, 0.3) is 0 Å². The molecule has 0 aliphatic rings. The van der Waals surface area contributed by atoms with E-state index in [-0.39, 0.29) is 12.2 Å². The second-order valence-corrected chi connectivity index (χ2v) is 7.84. The van der Waals surface area contributed by atoms with Crippen molar-refractivity contribution < 1.29 is 30.0 Å². The van der Waals surface area contributed by atoms with Gasteiger partial charge in [0.05, 0.1) is 35.5 Å². The molecule has 0 radical (unpaired) electrons. The number of hydrogen-bond donors (Lipinski definition) is 4. The molecule has 154 valence electrons. The van der Waals surface area contributed by atoms with E-state index in [1.807, 2.05) is 0 Å². The molecule has 0 spiro atoms. The number of aromatic carboxylic acids is 1. The zero-order valence-corrected chi connectivity index (χ0v) is 17.0. The Balaban J connectivity index is 2.19. The maximum Gasteiger partial charge on any atom is 0.358 e. The van der Waals surface area contributed by atoms with Crippen LogP contribution in [0.1, 0.15) is 17.4 Å². The highest BCUT2D eigenvalue weighted by Crippen LogP contribution is 2.33. The monoisotopic (exact) mass is 451 g/mol. The van der Waals surface area contributed by atoms with Crippen molar-refractivity contribution in [2.45, 2.75) is 42.1 Å². The van der Waals surface area contributed by atoms with Gasteiger partial charge in [0.15, 0.2) is 5.69 Å². The van der Waals surface area contributed by atoms with Crippen molar-refractivity contribution in [2.24, 2.45) is 0 Å². The number of rotatable bonds is 10. The summed E-state index contributed by atoms with van der Waals surface area (Å²) in [4.78, 5) is 11.5. The summed E-state index contributed by atoms with van der Waals surface area (Å²) >= 11 is 13.0. The van der Waals surface area contributed by atoms with Crippen molar-refractivity contribution in [1.82, 2.24) is 15.0 Å². The number of nitrogens with zero attached hydrogens (tertiary/aromatic N) is 3. The van der Waals surface area contributed by atoms with Crippen molar-refractivity contribution in [1.29, 1.82) is 0 Å². The number of carbonyl (C=O) groups is 1. The van der Waals surface area contributed by atoms with Gasteiger partial charge in [-0.2, -0.15) is 0 Å². The lowest BCUT2D eigenvalue weighted by Gasteiger charge is -2.28. The van der Waals surface area contributed by atoms with Gasteiger partial charge in [0.2, 0.25) is 0 Å². The highest BCUT2D eigenvalue weighted by molar-refractivity contribution is 7.99. The Morgan fingerprint density at radius 1 is 1.32 bits per heavy atom. The quantitative estimate of drug-likeness (QED) is 0.312. The molecule has 0 fully saturated rings. The van der Waals surface area contributed by atoms with Gasteiger partial charge < -0.3 is 25.2 Å². The molecule has 0 bridgehead atoms. The molecule has 1 aromatic heterocycles. The molecule has 12 heteroatoms. The Morgan fingerprint density at radius 2 is 2.04 bits per heavy atom. The van der Waals surface area contributed by atoms with E-state index in [0.717, 1.165) is 16.4 Å². The summed E-state index contributed by atoms with van der Waals surface area (Å²) in [6.45, 7) is 0.858. The maximum absolute atomic E-state index is 10.9. The highest BCUT2D eigenvalue weighted by Gasteiger charge is 2.28. The van der Waals surface area contributed by atoms with E-state index in [9.17, 15) is 20.1 Å². The molecule has 1 unspecified atom stereocenters. The third-order valence-corrected chi connectivity index (χ3v) is 5.54. The van der Waals surface area contributed by atoms with Crippen molar-refractivity contribution >= 4 is 40.9 Å². The lowest BCUT2D eigenvalue weighted by Crippen LogP contribution is -2.39. The van der Waals surface area contributed by atoms with E-state index in [0.29, 0.717) is 14.9 Å². The summed E-state index contributed by atoms with van der Waals surface area (Å²) in [5.41, 5.74) is -1.21. The largest absolute Gasteiger partial charge is 0.476 e. The Bertz CT molecular complexity index is 806. The molecule has 0 saturated carbocycles. The van der Waals surface area contributed by atoms with E-state index in [1.165, 1.54) is 13.1 Å². The first-order valence-corrected chi connectivity index (χ1v) is 9.72. The van der Waals surface area contributed by atoms with Crippen LogP contribution in [0, 0.1) is 0 Å². The summed E-state index contributed by atoms with van der Waals surface area (Å²) in [6.07, 6.45) is -1.94. The normalized spacial score (nSPS) is 15.8. The first-order chi connectivity index (χ1) is 13.2. The molecule has 4 N–H and O–H groups in total. The Labute approximate surface area is 174 Å². The zero-order valence-electron chi connectivity index (χ0n) is 14.6. The number of halogens is 2. The third kappa shape index (κ3) is 6.31. The van der Waals surface area contributed by atoms with Crippen molar-refractivity contribution in [3.63, 3.8) is 0 Å². The molecule has 0 saturated heterocycles. The molecule has 0 aliphatic carbocycles. The number of aromatic nitrogens is 3. The summed E-state index contributed by atoms with van der Waals surface area (Å²) in [6, 6.07) is 4.85. The number of aliphatic hydroxyl groups is 3. The summed E-state index contributed by atoms with van der Waals surface area (Å²) in [5, 5.41) is 46.5. The van der Waals surface area contributed by atoms with Gasteiger partial charge in [0.1, 0.15) is 17.6 Å². The van der Waals surface area contributed by atoms with Crippen LogP contribution in [0.4, 0.5) is 0 Å².